The van der Waals surface area contributed by atoms with Crippen LogP contribution in [0, 0.1) is 5.92 Å². The van der Waals surface area contributed by atoms with Crippen molar-refractivity contribution in [3.63, 3.8) is 0 Å². The summed E-state index contributed by atoms with van der Waals surface area (Å²) in [7, 11) is 1.56. The zero-order valence-electron chi connectivity index (χ0n) is 15.5. The van der Waals surface area contributed by atoms with Gasteiger partial charge in [-0.3, -0.25) is 19.4 Å². The fourth-order valence-corrected chi connectivity index (χ4v) is 3.18. The molecule has 9 nitrogen and oxygen atoms in total. The summed E-state index contributed by atoms with van der Waals surface area (Å²) in [6, 6.07) is 4.69. The molecule has 4 N–H and O–H groups in total. The molecule has 0 fully saturated rings. The van der Waals surface area contributed by atoms with Gasteiger partial charge >= 0.3 is 0 Å². The van der Waals surface area contributed by atoms with Crippen LogP contribution in [0.15, 0.2) is 23.0 Å². The second-order valence-electron chi connectivity index (χ2n) is 6.43. The van der Waals surface area contributed by atoms with Crippen molar-refractivity contribution in [1.29, 1.82) is 0 Å². The minimum absolute atomic E-state index is 0.0984. The van der Waals surface area contributed by atoms with Gasteiger partial charge in [-0.15, -0.1) is 0 Å². The van der Waals surface area contributed by atoms with Gasteiger partial charge in [-0.25, -0.2) is 0 Å². The molecule has 1 aliphatic heterocycles. The lowest BCUT2D eigenvalue weighted by molar-refractivity contribution is -0.125. The lowest BCUT2D eigenvalue weighted by Gasteiger charge is -2.23. The average molecular weight is 440 g/mol. The number of aromatic nitrogens is 2. The van der Waals surface area contributed by atoms with Gasteiger partial charge in [0.25, 0.3) is 5.56 Å². The molecule has 0 saturated heterocycles. The Labute approximate surface area is 176 Å². The first kappa shape index (κ1) is 21.1. The van der Waals surface area contributed by atoms with E-state index in [4.69, 9.17) is 27.9 Å². The molecule has 11 heteroatoms. The fourth-order valence-electron chi connectivity index (χ4n) is 2.88. The average Bonchev–Trinajstić information content (AvgIpc) is 2.66. The van der Waals surface area contributed by atoms with Crippen LogP contribution in [-0.2, 0) is 20.7 Å². The van der Waals surface area contributed by atoms with Crippen molar-refractivity contribution >= 4 is 52.5 Å². The van der Waals surface area contributed by atoms with Gasteiger partial charge in [0.15, 0.2) is 0 Å². The number of H-pyrrole nitrogens is 1. The van der Waals surface area contributed by atoms with Crippen LogP contribution < -0.4 is 21.5 Å². The highest BCUT2D eigenvalue weighted by Gasteiger charge is 2.31. The van der Waals surface area contributed by atoms with Crippen molar-refractivity contribution in [3.05, 3.63) is 44.2 Å². The van der Waals surface area contributed by atoms with Crippen molar-refractivity contribution in [3.8, 4) is 0 Å². The number of methoxy groups -OCH3 is 1. The quantitative estimate of drug-likeness (QED) is 0.490. The molecule has 0 saturated carbocycles. The third kappa shape index (κ3) is 5.26. The van der Waals surface area contributed by atoms with E-state index in [0.29, 0.717) is 34.4 Å². The summed E-state index contributed by atoms with van der Waals surface area (Å²) in [5.41, 5.74) is 0.423. The molecule has 0 bridgehead atoms. The number of hydrogen-bond acceptors (Lipinski definition) is 6. The number of aromatic amines is 1. The molecule has 29 heavy (non-hydrogen) atoms. The Morgan fingerprint density at radius 3 is 2.83 bits per heavy atom. The molecular formula is C18H19Cl2N5O4. The molecule has 2 aromatic rings. The number of carbonyl (C=O) groups is 2. The van der Waals surface area contributed by atoms with Crippen LogP contribution in [-0.4, -0.2) is 42.0 Å². The Morgan fingerprint density at radius 2 is 2.10 bits per heavy atom. The summed E-state index contributed by atoms with van der Waals surface area (Å²) in [5.74, 6) is -1.01. The standard InChI is InChI=1S/C18H19Cl2N5O4/c1-29-5-4-21-18-24-15-11(17(28)25-18)6-9(16(27)23-15)7-14(26)22-10-2-3-12(19)13(20)8-10/h2-3,8-9H,4-7H2,1H3,(H,22,26)(H3,21,23,24,25,27,28)/t9-/m1/s1. The molecule has 0 unspecified atom stereocenters. The van der Waals surface area contributed by atoms with Crippen LogP contribution in [0.4, 0.5) is 17.5 Å². The highest BCUT2D eigenvalue weighted by molar-refractivity contribution is 6.42. The monoisotopic (exact) mass is 439 g/mol. The maximum absolute atomic E-state index is 12.4. The Kier molecular flexibility index (Phi) is 6.73. The van der Waals surface area contributed by atoms with Gasteiger partial charge in [-0.05, 0) is 24.6 Å². The van der Waals surface area contributed by atoms with E-state index in [2.05, 4.69) is 25.9 Å². The molecule has 1 atom stereocenters. The number of fused-ring (bicyclic) bond motifs is 1. The molecule has 0 spiro atoms. The number of halogens is 2. The van der Waals surface area contributed by atoms with Crippen molar-refractivity contribution in [1.82, 2.24) is 9.97 Å². The topological polar surface area (TPSA) is 125 Å². The number of rotatable bonds is 7. The van der Waals surface area contributed by atoms with E-state index < -0.39 is 5.92 Å². The third-order valence-electron chi connectivity index (χ3n) is 4.31. The molecule has 0 radical (unpaired) electrons. The highest BCUT2D eigenvalue weighted by Crippen LogP contribution is 2.27. The predicted molar refractivity (Wildman–Crippen MR) is 111 cm³/mol. The van der Waals surface area contributed by atoms with Gasteiger partial charge in [0.05, 0.1) is 28.1 Å². The summed E-state index contributed by atoms with van der Waals surface area (Å²) in [6.07, 6.45) is 0.00937. The number of ether oxygens (including phenoxy) is 1. The second kappa shape index (κ2) is 9.25. The highest BCUT2D eigenvalue weighted by atomic mass is 35.5. The van der Waals surface area contributed by atoms with Crippen molar-refractivity contribution in [2.75, 3.05) is 36.2 Å². The molecule has 1 aromatic carbocycles. The van der Waals surface area contributed by atoms with E-state index in [1.54, 1.807) is 19.2 Å². The second-order valence-corrected chi connectivity index (χ2v) is 7.25. The van der Waals surface area contributed by atoms with Crippen LogP contribution in [0.3, 0.4) is 0 Å². The third-order valence-corrected chi connectivity index (χ3v) is 5.05. The van der Waals surface area contributed by atoms with Crippen LogP contribution in [0.1, 0.15) is 12.0 Å². The van der Waals surface area contributed by atoms with Crippen LogP contribution in [0.5, 0.6) is 0 Å². The zero-order chi connectivity index (χ0) is 21.0. The molecular weight excluding hydrogens is 421 g/mol. The van der Waals surface area contributed by atoms with Gasteiger partial charge < -0.3 is 20.7 Å². The van der Waals surface area contributed by atoms with E-state index in [0.717, 1.165) is 0 Å². The van der Waals surface area contributed by atoms with Crippen LogP contribution >= 0.6 is 23.2 Å². The van der Waals surface area contributed by atoms with Crippen molar-refractivity contribution in [2.45, 2.75) is 12.8 Å². The Hall–Kier alpha value is -2.62. The number of benzene rings is 1. The summed E-state index contributed by atoms with van der Waals surface area (Å²) in [6.45, 7) is 0.882. The lowest BCUT2D eigenvalue weighted by Crippen LogP contribution is -2.37. The first-order chi connectivity index (χ1) is 13.9. The first-order valence-corrected chi connectivity index (χ1v) is 9.54. The van der Waals surface area contributed by atoms with Crippen molar-refractivity contribution < 1.29 is 14.3 Å². The molecule has 2 heterocycles. The minimum Gasteiger partial charge on any atom is -0.383 e. The number of nitrogens with zero attached hydrogens (tertiary/aromatic N) is 1. The maximum Gasteiger partial charge on any atom is 0.257 e. The van der Waals surface area contributed by atoms with E-state index in [9.17, 15) is 14.4 Å². The van der Waals surface area contributed by atoms with Crippen LogP contribution in [0.25, 0.3) is 0 Å². The first-order valence-electron chi connectivity index (χ1n) is 8.79. The molecule has 0 aliphatic carbocycles. The van der Waals surface area contributed by atoms with E-state index in [1.165, 1.54) is 6.07 Å². The predicted octanol–water partition coefficient (Wildman–Crippen LogP) is 2.27. The molecule has 1 aliphatic rings. The van der Waals surface area contributed by atoms with E-state index >= 15 is 0 Å². The summed E-state index contributed by atoms with van der Waals surface area (Å²) >= 11 is 11.8. The Morgan fingerprint density at radius 1 is 1.31 bits per heavy atom. The molecule has 1 aromatic heterocycles. The maximum atomic E-state index is 12.4. The lowest BCUT2D eigenvalue weighted by atomic mass is 9.92. The van der Waals surface area contributed by atoms with Gasteiger partial charge in [0, 0.05) is 25.8 Å². The summed E-state index contributed by atoms with van der Waals surface area (Å²) in [5, 5.41) is 8.86. The number of carbonyl (C=O) groups excluding carboxylic acids is 2. The molecule has 3 rings (SSSR count). The normalized spacial score (nSPS) is 15.4. The summed E-state index contributed by atoms with van der Waals surface area (Å²) < 4.78 is 4.93. The minimum atomic E-state index is -0.694. The number of anilines is 3. The SMILES string of the molecule is COCCNc1nc2c(c(=O)[nH]1)C[C@H](CC(=O)Nc1ccc(Cl)c(Cl)c1)C(=O)N2. The van der Waals surface area contributed by atoms with Gasteiger partial charge in [0.1, 0.15) is 5.82 Å². The smallest absolute Gasteiger partial charge is 0.257 e. The van der Waals surface area contributed by atoms with Crippen molar-refractivity contribution in [2.24, 2.45) is 5.92 Å². The molecule has 154 valence electrons. The van der Waals surface area contributed by atoms with Gasteiger partial charge in [0.2, 0.25) is 17.8 Å². The largest absolute Gasteiger partial charge is 0.383 e. The van der Waals surface area contributed by atoms with Gasteiger partial charge in [-0.2, -0.15) is 4.98 Å². The Balaban J connectivity index is 1.67. The van der Waals surface area contributed by atoms with Crippen LogP contribution in [0.2, 0.25) is 10.0 Å². The van der Waals surface area contributed by atoms with Gasteiger partial charge in [-0.1, -0.05) is 23.2 Å². The fraction of sp³-hybridized carbons (Fsp3) is 0.333. The molecule has 2 amide bonds. The Bertz CT molecular complexity index is 995. The van der Waals surface area contributed by atoms with E-state index in [1.807, 2.05) is 0 Å². The summed E-state index contributed by atoms with van der Waals surface area (Å²) in [4.78, 5) is 43.9. The number of hydrogen-bond donors (Lipinski definition) is 4. The number of nitrogens with one attached hydrogen (secondary N) is 4. The van der Waals surface area contributed by atoms with E-state index in [-0.39, 0.29) is 42.0 Å². The number of amides is 2. The zero-order valence-corrected chi connectivity index (χ0v) is 17.0.